The number of carbonyl (C=O) groups is 2. The van der Waals surface area contributed by atoms with E-state index in [1.165, 1.54) is 26.2 Å². The summed E-state index contributed by atoms with van der Waals surface area (Å²) in [7, 11) is 0. The average molecular weight is 230 g/mol. The second-order valence-electron chi connectivity index (χ2n) is 3.77. The van der Waals surface area contributed by atoms with E-state index in [-0.39, 0.29) is 18.8 Å². The summed E-state index contributed by atoms with van der Waals surface area (Å²) in [5.74, 6) is -0.646. The van der Waals surface area contributed by atoms with Crippen LogP contribution in [0.2, 0.25) is 0 Å². The highest BCUT2D eigenvalue weighted by molar-refractivity contribution is 5.94. The topological polar surface area (TPSA) is 52.6 Å². The molecule has 0 aliphatic heterocycles. The Morgan fingerprint density at radius 3 is 2.38 bits per heavy atom. The summed E-state index contributed by atoms with van der Waals surface area (Å²) in [5, 5.41) is 0. The minimum Gasteiger partial charge on any atom is -0.463 e. The third-order valence-electron chi connectivity index (χ3n) is 2.03. The molecule has 0 aromatic rings. The maximum absolute atomic E-state index is 10.9. The van der Waals surface area contributed by atoms with Crippen LogP contribution in [0.15, 0.2) is 0 Å². The van der Waals surface area contributed by atoms with E-state index in [0.717, 1.165) is 6.42 Å². The summed E-state index contributed by atoms with van der Waals surface area (Å²) >= 11 is 0. The van der Waals surface area contributed by atoms with Crippen molar-refractivity contribution < 1.29 is 19.1 Å². The number of unbranched alkanes of at least 4 members (excludes halogenated alkanes) is 3. The van der Waals surface area contributed by atoms with Crippen LogP contribution in [0.5, 0.6) is 0 Å². The van der Waals surface area contributed by atoms with Crippen LogP contribution in [0.4, 0.5) is 0 Å². The van der Waals surface area contributed by atoms with Crippen LogP contribution in [-0.2, 0) is 19.1 Å². The van der Waals surface area contributed by atoms with Crippen molar-refractivity contribution in [2.45, 2.75) is 46.0 Å². The Kier molecular flexibility index (Phi) is 10.0. The van der Waals surface area contributed by atoms with E-state index in [0.29, 0.717) is 13.2 Å². The second-order valence-corrected chi connectivity index (χ2v) is 3.77. The van der Waals surface area contributed by atoms with E-state index in [1.54, 1.807) is 0 Å². The highest BCUT2D eigenvalue weighted by Crippen LogP contribution is 1.98. The Hall–Kier alpha value is -0.900. The van der Waals surface area contributed by atoms with Gasteiger partial charge in [0.05, 0.1) is 6.61 Å². The summed E-state index contributed by atoms with van der Waals surface area (Å²) in [6.45, 7) is 4.89. The first-order chi connectivity index (χ1) is 7.66. The molecule has 0 bridgehead atoms. The highest BCUT2D eigenvalue weighted by atomic mass is 16.6. The Bertz CT molecular complexity index is 201. The molecular formula is C12H22O4. The molecule has 0 radical (unpaired) electrons. The van der Waals surface area contributed by atoms with Crippen LogP contribution < -0.4 is 0 Å². The molecule has 0 N–H and O–H groups in total. The zero-order valence-corrected chi connectivity index (χ0v) is 10.3. The standard InChI is InChI=1S/C12H22O4/c1-3-4-5-6-7-15-8-9-16-12(14)10-11(2)13/h3-10H2,1-2H3. The number of rotatable bonds is 10. The van der Waals surface area contributed by atoms with Crippen molar-refractivity contribution in [2.24, 2.45) is 0 Å². The lowest BCUT2D eigenvalue weighted by atomic mass is 10.2. The van der Waals surface area contributed by atoms with Gasteiger partial charge in [-0.25, -0.2) is 0 Å². The molecule has 0 aliphatic rings. The molecule has 0 amide bonds. The van der Waals surface area contributed by atoms with E-state index in [1.807, 2.05) is 0 Å². The van der Waals surface area contributed by atoms with Crippen LogP contribution in [0.25, 0.3) is 0 Å². The number of hydrogen-bond acceptors (Lipinski definition) is 4. The van der Waals surface area contributed by atoms with Gasteiger partial charge in [-0.05, 0) is 13.3 Å². The van der Waals surface area contributed by atoms with Crippen molar-refractivity contribution in [3.63, 3.8) is 0 Å². The number of esters is 1. The quantitative estimate of drug-likeness (QED) is 0.327. The molecular weight excluding hydrogens is 208 g/mol. The molecule has 0 spiro atoms. The van der Waals surface area contributed by atoms with Gasteiger partial charge < -0.3 is 9.47 Å². The molecule has 0 saturated carbocycles. The van der Waals surface area contributed by atoms with Crippen molar-refractivity contribution >= 4 is 11.8 Å². The van der Waals surface area contributed by atoms with E-state index in [9.17, 15) is 9.59 Å². The molecule has 0 aromatic heterocycles. The average Bonchev–Trinajstić information content (AvgIpc) is 2.21. The van der Waals surface area contributed by atoms with Gasteiger partial charge in [0, 0.05) is 6.61 Å². The Labute approximate surface area is 97.3 Å². The molecule has 0 atom stereocenters. The summed E-state index contributed by atoms with van der Waals surface area (Å²) < 4.78 is 10.1. The molecule has 0 aromatic carbocycles. The molecule has 0 rings (SSSR count). The van der Waals surface area contributed by atoms with Gasteiger partial charge in [0.2, 0.25) is 0 Å². The first-order valence-electron chi connectivity index (χ1n) is 5.89. The Morgan fingerprint density at radius 2 is 1.75 bits per heavy atom. The third kappa shape index (κ3) is 11.2. The SMILES string of the molecule is CCCCCCOCCOC(=O)CC(C)=O. The minimum atomic E-state index is -0.470. The largest absolute Gasteiger partial charge is 0.463 e. The van der Waals surface area contributed by atoms with E-state index < -0.39 is 5.97 Å². The fourth-order valence-electron chi connectivity index (χ4n) is 1.20. The monoisotopic (exact) mass is 230 g/mol. The summed E-state index contributed by atoms with van der Waals surface area (Å²) in [5.41, 5.74) is 0. The number of carbonyl (C=O) groups excluding carboxylic acids is 2. The Morgan fingerprint density at radius 1 is 1.00 bits per heavy atom. The first kappa shape index (κ1) is 15.1. The van der Waals surface area contributed by atoms with Crippen LogP contribution in [0.3, 0.4) is 0 Å². The van der Waals surface area contributed by atoms with Gasteiger partial charge in [0.15, 0.2) is 0 Å². The van der Waals surface area contributed by atoms with Gasteiger partial charge in [0.1, 0.15) is 18.8 Å². The van der Waals surface area contributed by atoms with Crippen molar-refractivity contribution in [1.82, 2.24) is 0 Å². The zero-order valence-electron chi connectivity index (χ0n) is 10.3. The van der Waals surface area contributed by atoms with Crippen molar-refractivity contribution in [3.8, 4) is 0 Å². The van der Waals surface area contributed by atoms with Gasteiger partial charge in [-0.1, -0.05) is 26.2 Å². The van der Waals surface area contributed by atoms with E-state index in [2.05, 4.69) is 6.92 Å². The van der Waals surface area contributed by atoms with E-state index in [4.69, 9.17) is 9.47 Å². The number of Topliss-reactive ketones (excluding diaryl/α,β-unsaturated/α-hetero) is 1. The van der Waals surface area contributed by atoms with Gasteiger partial charge in [-0.15, -0.1) is 0 Å². The molecule has 16 heavy (non-hydrogen) atoms. The van der Waals surface area contributed by atoms with Gasteiger partial charge in [-0.3, -0.25) is 9.59 Å². The fourth-order valence-corrected chi connectivity index (χ4v) is 1.20. The minimum absolute atomic E-state index is 0.142. The molecule has 0 unspecified atom stereocenters. The lowest BCUT2D eigenvalue weighted by Gasteiger charge is -2.05. The Balaban J connectivity index is 3.14. The second kappa shape index (κ2) is 10.6. The van der Waals surface area contributed by atoms with Crippen LogP contribution in [-0.4, -0.2) is 31.6 Å². The lowest BCUT2D eigenvalue weighted by molar-refractivity contribution is -0.147. The number of hydrogen-bond donors (Lipinski definition) is 0. The molecule has 0 fully saturated rings. The predicted octanol–water partition coefficient (Wildman–Crippen LogP) is 2.11. The van der Waals surface area contributed by atoms with Gasteiger partial charge >= 0.3 is 5.97 Å². The van der Waals surface area contributed by atoms with Crippen LogP contribution in [0, 0.1) is 0 Å². The molecule has 4 heteroatoms. The summed E-state index contributed by atoms with van der Waals surface area (Å²) in [6.07, 6.45) is 4.53. The third-order valence-corrected chi connectivity index (χ3v) is 2.03. The van der Waals surface area contributed by atoms with Crippen LogP contribution in [0.1, 0.15) is 46.0 Å². The van der Waals surface area contributed by atoms with Crippen molar-refractivity contribution in [2.75, 3.05) is 19.8 Å². The number of ketones is 1. The molecule has 94 valence electrons. The number of ether oxygens (including phenoxy) is 2. The molecule has 0 aliphatic carbocycles. The van der Waals surface area contributed by atoms with Crippen molar-refractivity contribution in [1.29, 1.82) is 0 Å². The van der Waals surface area contributed by atoms with E-state index >= 15 is 0 Å². The maximum atomic E-state index is 10.9. The molecule has 4 nitrogen and oxygen atoms in total. The summed E-state index contributed by atoms with van der Waals surface area (Å²) in [4.78, 5) is 21.5. The van der Waals surface area contributed by atoms with Crippen LogP contribution >= 0.6 is 0 Å². The summed E-state index contributed by atoms with van der Waals surface area (Å²) in [6, 6.07) is 0. The smallest absolute Gasteiger partial charge is 0.313 e. The highest BCUT2D eigenvalue weighted by Gasteiger charge is 2.05. The molecule has 0 saturated heterocycles. The normalized spacial score (nSPS) is 10.1. The first-order valence-corrected chi connectivity index (χ1v) is 5.89. The van der Waals surface area contributed by atoms with Gasteiger partial charge in [0.25, 0.3) is 0 Å². The van der Waals surface area contributed by atoms with Crippen molar-refractivity contribution in [3.05, 3.63) is 0 Å². The predicted molar refractivity (Wildman–Crippen MR) is 61.2 cm³/mol. The lowest BCUT2D eigenvalue weighted by Crippen LogP contribution is -2.13. The van der Waals surface area contributed by atoms with Gasteiger partial charge in [-0.2, -0.15) is 0 Å². The fraction of sp³-hybridized carbons (Fsp3) is 0.833. The maximum Gasteiger partial charge on any atom is 0.313 e. The molecule has 0 heterocycles. The zero-order chi connectivity index (χ0) is 12.2.